The van der Waals surface area contributed by atoms with E-state index in [0.717, 1.165) is 24.3 Å². The van der Waals surface area contributed by atoms with Crippen molar-refractivity contribution >= 4 is 34.7 Å². The van der Waals surface area contributed by atoms with Gasteiger partial charge in [-0.2, -0.15) is 0 Å². The summed E-state index contributed by atoms with van der Waals surface area (Å²) in [5.74, 6) is -1.37. The van der Waals surface area contributed by atoms with Crippen molar-refractivity contribution in [2.24, 2.45) is 5.41 Å². The van der Waals surface area contributed by atoms with E-state index in [4.69, 9.17) is 11.6 Å². The fraction of sp³-hybridized carbons (Fsp3) is 0.360. The first-order valence-electron chi connectivity index (χ1n) is 10.5. The van der Waals surface area contributed by atoms with E-state index in [0.29, 0.717) is 10.7 Å². The summed E-state index contributed by atoms with van der Waals surface area (Å²) in [4.78, 5) is 30.1. The highest BCUT2D eigenvalue weighted by Crippen LogP contribution is 2.44. The summed E-state index contributed by atoms with van der Waals surface area (Å²) in [5.41, 5.74) is 1.70. The van der Waals surface area contributed by atoms with E-state index < -0.39 is 23.1 Å². The molecule has 2 aromatic carbocycles. The van der Waals surface area contributed by atoms with Crippen molar-refractivity contribution in [2.75, 3.05) is 22.9 Å². The van der Waals surface area contributed by atoms with E-state index in [2.05, 4.69) is 18.7 Å². The Hall–Kier alpha value is -2.79. The van der Waals surface area contributed by atoms with Gasteiger partial charge in [0.1, 0.15) is 0 Å². The van der Waals surface area contributed by atoms with Gasteiger partial charge in [-0.3, -0.25) is 14.5 Å². The Labute approximate surface area is 188 Å². The number of aliphatic hydroxyl groups is 1. The zero-order chi connectivity index (χ0) is 22.9. The average molecular weight is 441 g/mol. The second-order valence-corrected chi connectivity index (χ2v) is 9.10. The summed E-state index contributed by atoms with van der Waals surface area (Å²) in [7, 11) is 0. The highest BCUT2D eigenvalue weighted by Gasteiger charge is 2.46. The maximum absolute atomic E-state index is 13.3. The molecule has 5 nitrogen and oxygen atoms in total. The molecule has 0 saturated heterocycles. The molecule has 0 aliphatic carbocycles. The van der Waals surface area contributed by atoms with Crippen molar-refractivity contribution in [3.8, 4) is 0 Å². The summed E-state index contributed by atoms with van der Waals surface area (Å²) in [6.45, 7) is 11.3. The minimum atomic E-state index is -0.757. The van der Waals surface area contributed by atoms with Gasteiger partial charge in [0.15, 0.2) is 11.5 Å². The van der Waals surface area contributed by atoms with E-state index in [1.54, 1.807) is 45.0 Å². The highest BCUT2D eigenvalue weighted by molar-refractivity contribution is 6.31. The van der Waals surface area contributed by atoms with Crippen LogP contribution in [0, 0.1) is 5.41 Å². The molecule has 0 radical (unpaired) electrons. The number of amides is 1. The van der Waals surface area contributed by atoms with Crippen LogP contribution in [0.5, 0.6) is 0 Å². The summed E-state index contributed by atoms with van der Waals surface area (Å²) in [6.07, 6.45) is 0. The van der Waals surface area contributed by atoms with Crippen LogP contribution in [0.4, 0.5) is 11.4 Å². The smallest absolute Gasteiger partial charge is 0.294 e. The molecule has 2 aromatic rings. The number of nitrogens with zero attached hydrogens (tertiary/aromatic N) is 2. The first kappa shape index (κ1) is 22.9. The topological polar surface area (TPSA) is 60.9 Å². The number of Topliss-reactive ketones (excluding diaryl/α,β-unsaturated/α-hetero) is 1. The van der Waals surface area contributed by atoms with Gasteiger partial charge in [-0.05, 0) is 49.7 Å². The molecule has 3 rings (SSSR count). The molecule has 0 spiro atoms. The van der Waals surface area contributed by atoms with Crippen LogP contribution in [0.15, 0.2) is 59.9 Å². The number of benzene rings is 2. The molecule has 0 fully saturated rings. The lowest BCUT2D eigenvalue weighted by Gasteiger charge is -2.29. The third-order valence-electron chi connectivity index (χ3n) is 5.56. The van der Waals surface area contributed by atoms with Gasteiger partial charge in [0.05, 0.1) is 11.6 Å². The van der Waals surface area contributed by atoms with E-state index in [9.17, 15) is 14.7 Å². The molecule has 0 bridgehead atoms. The number of aliphatic hydroxyl groups excluding tert-OH is 1. The highest BCUT2D eigenvalue weighted by atomic mass is 35.5. The fourth-order valence-electron chi connectivity index (χ4n) is 3.91. The minimum Gasteiger partial charge on any atom is -0.503 e. The zero-order valence-corrected chi connectivity index (χ0v) is 19.4. The van der Waals surface area contributed by atoms with Crippen molar-refractivity contribution in [1.82, 2.24) is 0 Å². The van der Waals surface area contributed by atoms with E-state index in [-0.39, 0.29) is 11.4 Å². The van der Waals surface area contributed by atoms with Crippen molar-refractivity contribution in [3.63, 3.8) is 0 Å². The maximum Gasteiger partial charge on any atom is 0.294 e. The molecule has 1 unspecified atom stereocenters. The lowest BCUT2D eigenvalue weighted by atomic mass is 9.82. The van der Waals surface area contributed by atoms with Crippen LogP contribution in [-0.4, -0.2) is 29.9 Å². The van der Waals surface area contributed by atoms with Crippen molar-refractivity contribution in [1.29, 1.82) is 0 Å². The SMILES string of the molecule is CCN(CC)c1ccc(C2C(C(=O)C(C)(C)C)=C(O)C(=O)N2c2cccc(Cl)c2)cc1. The molecule has 0 aromatic heterocycles. The standard InChI is InChI=1S/C25H29ClN2O3/c1-6-27(7-2)18-13-11-16(12-14-18)21-20(23(30)25(3,4)5)22(29)24(31)28(21)19-10-8-9-17(26)15-19/h8-15,21,29H,6-7H2,1-5H3. The molecule has 1 aliphatic heterocycles. The Morgan fingerprint density at radius 3 is 2.23 bits per heavy atom. The molecule has 164 valence electrons. The second-order valence-electron chi connectivity index (χ2n) is 8.66. The van der Waals surface area contributed by atoms with E-state index in [1.807, 2.05) is 24.3 Å². The minimum absolute atomic E-state index is 0.119. The predicted molar refractivity (Wildman–Crippen MR) is 126 cm³/mol. The van der Waals surface area contributed by atoms with Gasteiger partial charge in [0.2, 0.25) is 0 Å². The number of anilines is 2. The quantitative estimate of drug-likeness (QED) is 0.625. The van der Waals surface area contributed by atoms with Gasteiger partial charge in [0.25, 0.3) is 5.91 Å². The Balaban J connectivity index is 2.15. The van der Waals surface area contributed by atoms with Crippen LogP contribution in [-0.2, 0) is 9.59 Å². The number of hydrogen-bond donors (Lipinski definition) is 1. The van der Waals surface area contributed by atoms with Crippen LogP contribution in [0.2, 0.25) is 5.02 Å². The Kier molecular flexibility index (Phi) is 6.46. The number of carbonyl (C=O) groups is 2. The van der Waals surface area contributed by atoms with Gasteiger partial charge in [0, 0.05) is 34.9 Å². The molecule has 1 N–H and O–H groups in total. The first-order valence-corrected chi connectivity index (χ1v) is 10.9. The van der Waals surface area contributed by atoms with Crippen molar-refractivity contribution < 1.29 is 14.7 Å². The van der Waals surface area contributed by atoms with E-state index in [1.165, 1.54) is 4.90 Å². The van der Waals surface area contributed by atoms with Gasteiger partial charge < -0.3 is 10.0 Å². The van der Waals surface area contributed by atoms with Crippen molar-refractivity contribution in [2.45, 2.75) is 40.7 Å². The molecule has 1 atom stereocenters. The van der Waals surface area contributed by atoms with Gasteiger partial charge in [-0.1, -0.05) is 50.6 Å². The van der Waals surface area contributed by atoms with Gasteiger partial charge in [-0.15, -0.1) is 0 Å². The van der Waals surface area contributed by atoms with Crippen LogP contribution < -0.4 is 9.80 Å². The predicted octanol–water partition coefficient (Wildman–Crippen LogP) is 5.70. The molecule has 1 amide bonds. The van der Waals surface area contributed by atoms with Gasteiger partial charge in [-0.25, -0.2) is 0 Å². The lowest BCUT2D eigenvalue weighted by molar-refractivity contribution is -0.123. The molecular formula is C25H29ClN2O3. The van der Waals surface area contributed by atoms with E-state index >= 15 is 0 Å². The average Bonchev–Trinajstić information content (AvgIpc) is 2.99. The summed E-state index contributed by atoms with van der Waals surface area (Å²) >= 11 is 6.17. The van der Waals surface area contributed by atoms with Crippen molar-refractivity contribution in [3.05, 3.63) is 70.4 Å². The zero-order valence-electron chi connectivity index (χ0n) is 18.6. The maximum atomic E-state index is 13.3. The lowest BCUT2D eigenvalue weighted by Crippen LogP contribution is -2.32. The van der Waals surface area contributed by atoms with Crippen LogP contribution in [0.25, 0.3) is 0 Å². The fourth-order valence-corrected chi connectivity index (χ4v) is 4.09. The summed E-state index contributed by atoms with van der Waals surface area (Å²) < 4.78 is 0. The van der Waals surface area contributed by atoms with Crippen LogP contribution in [0.1, 0.15) is 46.2 Å². The Morgan fingerprint density at radius 2 is 1.71 bits per heavy atom. The molecule has 1 aliphatic rings. The van der Waals surface area contributed by atoms with Crippen LogP contribution >= 0.6 is 11.6 Å². The monoisotopic (exact) mass is 440 g/mol. The largest absolute Gasteiger partial charge is 0.503 e. The Bertz CT molecular complexity index is 1020. The molecule has 6 heteroatoms. The Morgan fingerprint density at radius 1 is 1.10 bits per heavy atom. The summed E-state index contributed by atoms with van der Waals surface area (Å²) in [5, 5.41) is 11.2. The first-order chi connectivity index (χ1) is 14.6. The third kappa shape index (κ3) is 4.33. The number of carbonyl (C=O) groups excluding carboxylic acids is 2. The number of hydrogen-bond acceptors (Lipinski definition) is 4. The number of halogens is 1. The summed E-state index contributed by atoms with van der Waals surface area (Å²) in [6, 6.07) is 13.9. The second kappa shape index (κ2) is 8.75. The van der Waals surface area contributed by atoms with Crippen LogP contribution in [0.3, 0.4) is 0 Å². The number of rotatable bonds is 6. The third-order valence-corrected chi connectivity index (χ3v) is 5.79. The molecular weight excluding hydrogens is 412 g/mol. The normalized spacial score (nSPS) is 16.8. The number of ketones is 1. The molecule has 1 heterocycles. The van der Waals surface area contributed by atoms with Gasteiger partial charge >= 0.3 is 0 Å². The molecule has 0 saturated carbocycles. The molecule has 31 heavy (non-hydrogen) atoms.